The van der Waals surface area contributed by atoms with Gasteiger partial charge in [0.25, 0.3) is 17.4 Å². The van der Waals surface area contributed by atoms with Gasteiger partial charge >= 0.3 is 6.03 Å². The van der Waals surface area contributed by atoms with E-state index in [1.807, 2.05) is 28.8 Å². The summed E-state index contributed by atoms with van der Waals surface area (Å²) in [6.45, 7) is 1.30. The van der Waals surface area contributed by atoms with Crippen LogP contribution in [-0.4, -0.2) is 28.4 Å². The molecule has 2 aromatic rings. The third-order valence-corrected chi connectivity index (χ3v) is 3.46. The molecule has 1 aromatic heterocycles. The molecule has 1 aliphatic heterocycles. The van der Waals surface area contributed by atoms with Crippen molar-refractivity contribution in [3.05, 3.63) is 48.7 Å². The molecule has 0 unspecified atom stereocenters. The fourth-order valence-corrected chi connectivity index (χ4v) is 2.13. The quantitative estimate of drug-likeness (QED) is 0.832. The van der Waals surface area contributed by atoms with Crippen LogP contribution in [0.25, 0.3) is 11.3 Å². The molecule has 2 N–H and O–H groups in total. The van der Waals surface area contributed by atoms with E-state index in [9.17, 15) is 14.4 Å². The first-order valence-corrected chi connectivity index (χ1v) is 6.86. The summed E-state index contributed by atoms with van der Waals surface area (Å²) in [6, 6.07) is 11.5. The predicted octanol–water partition coefficient (Wildman–Crippen LogP) is 1.25. The van der Waals surface area contributed by atoms with Crippen LogP contribution in [0.1, 0.15) is 6.92 Å². The van der Waals surface area contributed by atoms with E-state index in [-0.39, 0.29) is 0 Å². The topological polar surface area (TPSA) is 97.4 Å². The number of benzene rings is 1. The second-order valence-corrected chi connectivity index (χ2v) is 5.11. The number of carbonyl (C=O) groups is 3. The molecule has 1 aromatic carbocycles. The molecule has 0 bridgehead atoms. The zero-order chi connectivity index (χ0) is 16.4. The Bertz CT molecular complexity index is 752. The first-order chi connectivity index (χ1) is 11.0. The first-order valence-electron chi connectivity index (χ1n) is 6.86. The minimum atomic E-state index is -1.81. The Morgan fingerprint density at radius 1 is 0.957 bits per heavy atom. The van der Waals surface area contributed by atoms with Gasteiger partial charge in [0.1, 0.15) is 5.75 Å². The normalized spacial score (nSPS) is 16.5. The van der Waals surface area contributed by atoms with Gasteiger partial charge in [-0.1, -0.05) is 6.07 Å². The molecule has 0 atom stereocenters. The lowest BCUT2D eigenvalue weighted by Crippen LogP contribution is -2.67. The number of amides is 4. The van der Waals surface area contributed by atoms with Crippen molar-refractivity contribution < 1.29 is 19.1 Å². The summed E-state index contributed by atoms with van der Waals surface area (Å²) in [5, 5.41) is 4.03. The number of nitrogens with zero attached hydrogens (tertiary/aromatic N) is 1. The predicted molar refractivity (Wildman–Crippen MR) is 80.4 cm³/mol. The van der Waals surface area contributed by atoms with Crippen molar-refractivity contribution in [1.82, 2.24) is 15.6 Å². The Kier molecular flexibility index (Phi) is 3.53. The van der Waals surface area contributed by atoms with E-state index in [2.05, 4.69) is 4.98 Å². The van der Waals surface area contributed by atoms with Crippen LogP contribution in [0.4, 0.5) is 4.79 Å². The minimum absolute atomic E-state index is 0.326. The lowest BCUT2D eigenvalue weighted by atomic mass is 10.0. The zero-order valence-electron chi connectivity index (χ0n) is 12.2. The van der Waals surface area contributed by atoms with Crippen molar-refractivity contribution in [2.24, 2.45) is 0 Å². The fraction of sp³-hybridized carbons (Fsp3) is 0.125. The van der Waals surface area contributed by atoms with Gasteiger partial charge < -0.3 is 4.74 Å². The molecule has 0 radical (unpaired) electrons. The Morgan fingerprint density at radius 2 is 1.61 bits per heavy atom. The van der Waals surface area contributed by atoms with Gasteiger partial charge in [-0.25, -0.2) is 4.79 Å². The maximum absolute atomic E-state index is 11.9. The molecular weight excluding hydrogens is 298 g/mol. The molecule has 23 heavy (non-hydrogen) atoms. The molecule has 1 saturated heterocycles. The molecule has 0 spiro atoms. The average Bonchev–Trinajstić information content (AvgIpc) is 2.54. The number of carbonyl (C=O) groups excluding carboxylic acids is 3. The number of rotatable bonds is 3. The van der Waals surface area contributed by atoms with E-state index in [0.717, 1.165) is 11.3 Å². The van der Waals surface area contributed by atoms with Crippen LogP contribution in [0.5, 0.6) is 5.75 Å². The number of barbiturate groups is 1. The summed E-state index contributed by atoms with van der Waals surface area (Å²) in [7, 11) is 0. The van der Waals surface area contributed by atoms with Gasteiger partial charge in [0.15, 0.2) is 0 Å². The molecule has 4 amide bonds. The third-order valence-electron chi connectivity index (χ3n) is 3.46. The molecule has 0 aliphatic carbocycles. The number of hydrogen-bond donors (Lipinski definition) is 2. The molecule has 7 nitrogen and oxygen atoms in total. The Balaban J connectivity index is 1.82. The first kappa shape index (κ1) is 14.7. The fourth-order valence-electron chi connectivity index (χ4n) is 2.13. The van der Waals surface area contributed by atoms with Gasteiger partial charge in [0, 0.05) is 11.8 Å². The van der Waals surface area contributed by atoms with E-state index in [1.165, 1.54) is 6.92 Å². The summed E-state index contributed by atoms with van der Waals surface area (Å²) in [6.07, 6.45) is 1.69. The van der Waals surface area contributed by atoms with Crippen molar-refractivity contribution >= 4 is 17.8 Å². The standard InChI is InChI=1S/C16H13N3O4/c1-16(13(20)18-15(22)19-14(16)21)23-11-7-5-10(6-8-11)12-4-2-3-9-17-12/h2-9H,1H3,(H2,18,19,20,21,22). The van der Waals surface area contributed by atoms with E-state index in [1.54, 1.807) is 30.5 Å². The molecule has 3 rings (SSSR count). The van der Waals surface area contributed by atoms with E-state index in [0.29, 0.717) is 5.75 Å². The number of imide groups is 2. The van der Waals surface area contributed by atoms with E-state index >= 15 is 0 Å². The number of urea groups is 1. The SMILES string of the molecule is CC1(Oc2ccc(-c3ccccn3)cc2)C(=O)NC(=O)NC1=O. The van der Waals surface area contributed by atoms with Crippen LogP contribution in [-0.2, 0) is 9.59 Å². The Hall–Kier alpha value is -3.22. The Labute approximate surface area is 131 Å². The summed E-state index contributed by atoms with van der Waals surface area (Å²) < 4.78 is 5.51. The van der Waals surface area contributed by atoms with E-state index in [4.69, 9.17) is 4.74 Å². The van der Waals surface area contributed by atoms with Crippen LogP contribution >= 0.6 is 0 Å². The molecule has 1 fully saturated rings. The van der Waals surface area contributed by atoms with Gasteiger partial charge in [0.05, 0.1) is 5.69 Å². The zero-order valence-corrected chi connectivity index (χ0v) is 12.2. The number of ether oxygens (including phenoxy) is 1. The minimum Gasteiger partial charge on any atom is -0.468 e. The van der Waals surface area contributed by atoms with Crippen LogP contribution in [0, 0.1) is 0 Å². The maximum atomic E-state index is 11.9. The van der Waals surface area contributed by atoms with Crippen LogP contribution in [0.2, 0.25) is 0 Å². The third kappa shape index (κ3) is 2.76. The largest absolute Gasteiger partial charge is 0.468 e. The highest BCUT2D eigenvalue weighted by Crippen LogP contribution is 2.24. The van der Waals surface area contributed by atoms with E-state index < -0.39 is 23.4 Å². The van der Waals surface area contributed by atoms with Crippen LogP contribution in [0.15, 0.2) is 48.7 Å². The van der Waals surface area contributed by atoms with Crippen molar-refractivity contribution in [3.63, 3.8) is 0 Å². The molecular formula is C16H13N3O4. The van der Waals surface area contributed by atoms with Crippen molar-refractivity contribution in [2.45, 2.75) is 12.5 Å². The summed E-state index contributed by atoms with van der Waals surface area (Å²) in [5.74, 6) is -1.29. The summed E-state index contributed by atoms with van der Waals surface area (Å²) in [4.78, 5) is 39.1. The van der Waals surface area contributed by atoms with Gasteiger partial charge in [-0.3, -0.25) is 25.2 Å². The summed E-state index contributed by atoms with van der Waals surface area (Å²) in [5.41, 5.74) is -0.139. The molecule has 2 heterocycles. The maximum Gasteiger partial charge on any atom is 0.328 e. The number of nitrogens with one attached hydrogen (secondary N) is 2. The van der Waals surface area contributed by atoms with Gasteiger partial charge in [0.2, 0.25) is 0 Å². The molecule has 1 aliphatic rings. The van der Waals surface area contributed by atoms with Crippen molar-refractivity contribution in [1.29, 1.82) is 0 Å². The van der Waals surface area contributed by atoms with Crippen LogP contribution in [0.3, 0.4) is 0 Å². The number of hydrogen-bond acceptors (Lipinski definition) is 5. The molecule has 0 saturated carbocycles. The highest BCUT2D eigenvalue weighted by molar-refractivity contribution is 6.21. The number of aromatic nitrogens is 1. The highest BCUT2D eigenvalue weighted by atomic mass is 16.5. The summed E-state index contributed by atoms with van der Waals surface area (Å²) >= 11 is 0. The van der Waals surface area contributed by atoms with Gasteiger partial charge in [-0.15, -0.1) is 0 Å². The second-order valence-electron chi connectivity index (χ2n) is 5.11. The molecule has 116 valence electrons. The van der Waals surface area contributed by atoms with Gasteiger partial charge in [-0.2, -0.15) is 0 Å². The lowest BCUT2D eigenvalue weighted by molar-refractivity contribution is -0.149. The lowest BCUT2D eigenvalue weighted by Gasteiger charge is -2.30. The Morgan fingerprint density at radius 3 is 2.17 bits per heavy atom. The number of pyridine rings is 1. The highest BCUT2D eigenvalue weighted by Gasteiger charge is 2.48. The smallest absolute Gasteiger partial charge is 0.328 e. The van der Waals surface area contributed by atoms with Gasteiger partial charge in [-0.05, 0) is 43.3 Å². The van der Waals surface area contributed by atoms with Crippen molar-refractivity contribution in [2.75, 3.05) is 0 Å². The molecule has 7 heteroatoms. The second kappa shape index (κ2) is 5.53. The van der Waals surface area contributed by atoms with Crippen molar-refractivity contribution in [3.8, 4) is 17.0 Å². The average molecular weight is 311 g/mol. The van der Waals surface area contributed by atoms with Crippen LogP contribution < -0.4 is 15.4 Å². The monoisotopic (exact) mass is 311 g/mol.